The predicted octanol–water partition coefficient (Wildman–Crippen LogP) is 1.91. The van der Waals surface area contributed by atoms with Gasteiger partial charge < -0.3 is 4.90 Å². The van der Waals surface area contributed by atoms with Gasteiger partial charge in [0.15, 0.2) is 0 Å². The number of non-ortho nitro benzene ring substituents is 1. The zero-order valence-corrected chi connectivity index (χ0v) is 14.3. The first-order chi connectivity index (χ1) is 10.8. The predicted molar refractivity (Wildman–Crippen MR) is 87.9 cm³/mol. The van der Waals surface area contributed by atoms with Gasteiger partial charge >= 0.3 is 0 Å². The van der Waals surface area contributed by atoms with Gasteiger partial charge in [-0.2, -0.15) is 0 Å². The molecule has 0 bridgehead atoms. The molecule has 8 heteroatoms. The molecule has 1 aromatic rings. The van der Waals surface area contributed by atoms with Gasteiger partial charge in [-0.25, -0.2) is 13.1 Å². The Morgan fingerprint density at radius 3 is 2.61 bits per heavy atom. The summed E-state index contributed by atoms with van der Waals surface area (Å²) < 4.78 is 27.3. The lowest BCUT2D eigenvalue weighted by Crippen LogP contribution is -2.32. The van der Waals surface area contributed by atoms with Crippen molar-refractivity contribution in [1.82, 2.24) is 9.62 Å². The SMILES string of the molecule is Cc1ccc([N+](=O)[O-])cc1S(=O)(=O)NCCC1CCN(C)CC1. The topological polar surface area (TPSA) is 92.5 Å². The molecule has 1 aromatic carbocycles. The molecule has 7 nitrogen and oxygen atoms in total. The van der Waals surface area contributed by atoms with E-state index in [1.54, 1.807) is 6.92 Å². The van der Waals surface area contributed by atoms with Crippen LogP contribution in [0.15, 0.2) is 23.1 Å². The lowest BCUT2D eigenvalue weighted by atomic mass is 9.94. The average Bonchev–Trinajstić information content (AvgIpc) is 2.49. The summed E-state index contributed by atoms with van der Waals surface area (Å²) in [5, 5.41) is 10.8. The van der Waals surface area contributed by atoms with Crippen LogP contribution in [0.25, 0.3) is 0 Å². The van der Waals surface area contributed by atoms with E-state index < -0.39 is 14.9 Å². The zero-order valence-electron chi connectivity index (χ0n) is 13.5. The molecule has 0 amide bonds. The van der Waals surface area contributed by atoms with Crippen molar-refractivity contribution in [3.8, 4) is 0 Å². The number of nitro benzene ring substituents is 1. The number of hydrogen-bond acceptors (Lipinski definition) is 5. The van der Waals surface area contributed by atoms with Crippen LogP contribution in [-0.2, 0) is 10.0 Å². The number of aryl methyl sites for hydroxylation is 1. The normalized spacial score (nSPS) is 17.3. The molecule has 0 spiro atoms. The van der Waals surface area contributed by atoms with E-state index in [2.05, 4.69) is 16.7 Å². The van der Waals surface area contributed by atoms with E-state index in [1.165, 1.54) is 12.1 Å². The van der Waals surface area contributed by atoms with E-state index >= 15 is 0 Å². The number of rotatable bonds is 6. The summed E-state index contributed by atoms with van der Waals surface area (Å²) in [6, 6.07) is 3.89. The maximum absolute atomic E-state index is 12.4. The molecule has 23 heavy (non-hydrogen) atoms. The third kappa shape index (κ3) is 4.73. The number of piperidine rings is 1. The first kappa shape index (κ1) is 17.8. The fourth-order valence-electron chi connectivity index (χ4n) is 2.82. The third-order valence-electron chi connectivity index (χ3n) is 4.35. The number of sulfonamides is 1. The summed E-state index contributed by atoms with van der Waals surface area (Å²) in [5.74, 6) is 0.528. The molecule has 0 unspecified atom stereocenters. The summed E-state index contributed by atoms with van der Waals surface area (Å²) in [4.78, 5) is 12.5. The summed E-state index contributed by atoms with van der Waals surface area (Å²) in [6.45, 7) is 4.08. The number of hydrogen-bond donors (Lipinski definition) is 1. The van der Waals surface area contributed by atoms with Crippen LogP contribution >= 0.6 is 0 Å². The smallest absolute Gasteiger partial charge is 0.270 e. The highest BCUT2D eigenvalue weighted by Gasteiger charge is 2.21. The second-order valence-corrected chi connectivity index (χ2v) is 7.88. The maximum Gasteiger partial charge on any atom is 0.270 e. The minimum Gasteiger partial charge on any atom is -0.306 e. The highest BCUT2D eigenvalue weighted by Crippen LogP contribution is 2.22. The first-order valence-corrected chi connectivity index (χ1v) is 9.21. The number of nitro groups is 1. The van der Waals surface area contributed by atoms with Gasteiger partial charge in [0.2, 0.25) is 10.0 Å². The molecule has 0 saturated carbocycles. The number of nitrogens with zero attached hydrogens (tertiary/aromatic N) is 2. The minimum absolute atomic E-state index is 0.0184. The van der Waals surface area contributed by atoms with Gasteiger partial charge in [-0.1, -0.05) is 6.07 Å². The van der Waals surface area contributed by atoms with Crippen molar-refractivity contribution >= 4 is 15.7 Å². The Labute approximate surface area is 136 Å². The van der Waals surface area contributed by atoms with Gasteiger partial charge in [0.05, 0.1) is 9.82 Å². The monoisotopic (exact) mass is 341 g/mol. The Balaban J connectivity index is 1.99. The minimum atomic E-state index is -3.72. The zero-order chi connectivity index (χ0) is 17.0. The number of benzene rings is 1. The molecule has 1 aliphatic rings. The quantitative estimate of drug-likeness (QED) is 0.630. The summed E-state index contributed by atoms with van der Waals surface area (Å²) in [5.41, 5.74) is 0.286. The van der Waals surface area contributed by atoms with E-state index in [-0.39, 0.29) is 10.6 Å². The molecule has 1 heterocycles. The molecule has 1 aliphatic heterocycles. The Kier molecular flexibility index (Phi) is 5.72. The van der Waals surface area contributed by atoms with Gasteiger partial charge in [0.1, 0.15) is 0 Å². The fraction of sp³-hybridized carbons (Fsp3) is 0.600. The van der Waals surface area contributed by atoms with Crippen molar-refractivity contribution in [1.29, 1.82) is 0 Å². The highest BCUT2D eigenvalue weighted by atomic mass is 32.2. The van der Waals surface area contributed by atoms with Crippen LogP contribution in [-0.4, -0.2) is 44.9 Å². The molecular formula is C15H23N3O4S. The molecule has 0 atom stereocenters. The summed E-state index contributed by atoms with van der Waals surface area (Å²) >= 11 is 0. The van der Waals surface area contributed by atoms with Crippen molar-refractivity contribution in [2.45, 2.75) is 31.1 Å². The lowest BCUT2D eigenvalue weighted by Gasteiger charge is -2.28. The first-order valence-electron chi connectivity index (χ1n) is 7.73. The maximum atomic E-state index is 12.4. The standard InChI is InChI=1S/C15H23N3O4S/c1-12-3-4-14(18(19)20)11-15(12)23(21,22)16-8-5-13-6-9-17(2)10-7-13/h3-4,11,13,16H,5-10H2,1-2H3. The van der Waals surface area contributed by atoms with Crippen LogP contribution in [0.2, 0.25) is 0 Å². The van der Waals surface area contributed by atoms with Crippen LogP contribution in [0.1, 0.15) is 24.8 Å². The van der Waals surface area contributed by atoms with E-state index in [0.29, 0.717) is 18.0 Å². The van der Waals surface area contributed by atoms with Gasteiger partial charge in [-0.15, -0.1) is 0 Å². The third-order valence-corrected chi connectivity index (χ3v) is 5.96. The molecule has 0 aromatic heterocycles. The second-order valence-electron chi connectivity index (χ2n) is 6.14. The Morgan fingerprint density at radius 2 is 2.00 bits per heavy atom. The number of nitrogens with one attached hydrogen (secondary N) is 1. The molecule has 1 N–H and O–H groups in total. The summed E-state index contributed by atoms with van der Waals surface area (Å²) in [7, 11) is -1.64. The molecule has 1 fully saturated rings. The van der Waals surface area contributed by atoms with E-state index in [4.69, 9.17) is 0 Å². The van der Waals surface area contributed by atoms with E-state index in [9.17, 15) is 18.5 Å². The molecule has 0 aliphatic carbocycles. The second kappa shape index (κ2) is 7.37. The largest absolute Gasteiger partial charge is 0.306 e. The lowest BCUT2D eigenvalue weighted by molar-refractivity contribution is -0.385. The molecule has 1 saturated heterocycles. The van der Waals surface area contributed by atoms with Crippen molar-refractivity contribution in [3.63, 3.8) is 0 Å². The van der Waals surface area contributed by atoms with Crippen LogP contribution in [0.4, 0.5) is 5.69 Å². The van der Waals surface area contributed by atoms with Gasteiger partial charge in [-0.05, 0) is 57.8 Å². The summed E-state index contributed by atoms with van der Waals surface area (Å²) in [6.07, 6.45) is 2.95. The van der Waals surface area contributed by atoms with Crippen LogP contribution < -0.4 is 4.72 Å². The Hall–Kier alpha value is -1.51. The molecule has 2 rings (SSSR count). The van der Waals surface area contributed by atoms with Gasteiger partial charge in [0.25, 0.3) is 5.69 Å². The average molecular weight is 341 g/mol. The van der Waals surface area contributed by atoms with Crippen molar-refractivity contribution < 1.29 is 13.3 Å². The Bertz CT molecular complexity index is 667. The Morgan fingerprint density at radius 1 is 1.35 bits per heavy atom. The van der Waals surface area contributed by atoms with Crippen LogP contribution in [0.5, 0.6) is 0 Å². The van der Waals surface area contributed by atoms with E-state index in [0.717, 1.165) is 38.4 Å². The molecule has 128 valence electrons. The van der Waals surface area contributed by atoms with Gasteiger partial charge in [0, 0.05) is 18.7 Å². The van der Waals surface area contributed by atoms with Crippen LogP contribution in [0.3, 0.4) is 0 Å². The van der Waals surface area contributed by atoms with Crippen LogP contribution in [0, 0.1) is 23.0 Å². The highest BCUT2D eigenvalue weighted by molar-refractivity contribution is 7.89. The van der Waals surface area contributed by atoms with Crippen molar-refractivity contribution in [3.05, 3.63) is 33.9 Å². The molecular weight excluding hydrogens is 318 g/mol. The van der Waals surface area contributed by atoms with Gasteiger partial charge in [-0.3, -0.25) is 10.1 Å². The fourth-order valence-corrected chi connectivity index (χ4v) is 4.13. The molecule has 0 radical (unpaired) electrons. The number of likely N-dealkylation sites (tertiary alicyclic amines) is 1. The van der Waals surface area contributed by atoms with Crippen molar-refractivity contribution in [2.24, 2.45) is 5.92 Å². The van der Waals surface area contributed by atoms with E-state index in [1.807, 2.05) is 0 Å². The van der Waals surface area contributed by atoms with Crippen molar-refractivity contribution in [2.75, 3.05) is 26.7 Å².